The highest BCUT2D eigenvalue weighted by molar-refractivity contribution is 5.86. The van der Waals surface area contributed by atoms with Crippen LogP contribution in [0.15, 0.2) is 6.20 Å². The van der Waals surface area contributed by atoms with E-state index in [2.05, 4.69) is 25.5 Å². The highest BCUT2D eigenvalue weighted by Gasteiger charge is 2.15. The molecule has 7 heteroatoms. The molecule has 2 aromatic heterocycles. The normalized spacial score (nSPS) is 20.1. The molecule has 1 fully saturated rings. The summed E-state index contributed by atoms with van der Waals surface area (Å²) in [6, 6.07) is 0. The van der Waals surface area contributed by atoms with Gasteiger partial charge in [-0.1, -0.05) is 0 Å². The van der Waals surface area contributed by atoms with E-state index in [0.717, 1.165) is 31.4 Å². The zero-order valence-electron chi connectivity index (χ0n) is 10.0. The first kappa shape index (κ1) is 11.2. The van der Waals surface area contributed by atoms with E-state index in [-0.39, 0.29) is 12.1 Å². The number of fused-ring (bicyclic) bond motifs is 1. The standard InChI is InChI=1S/C11H16N6O/c12-11-15-9(8-6-14-17-10(8)16-11)13-5-7-3-1-2-4-18-7/h6-7H,1-5H2,(H4,12,13,14,15,16,17). The predicted molar refractivity (Wildman–Crippen MR) is 68.2 cm³/mol. The van der Waals surface area contributed by atoms with Crippen molar-refractivity contribution in [1.29, 1.82) is 0 Å². The number of hydrogen-bond donors (Lipinski definition) is 3. The van der Waals surface area contributed by atoms with E-state index in [1.54, 1.807) is 6.20 Å². The summed E-state index contributed by atoms with van der Waals surface area (Å²) < 4.78 is 5.66. The molecule has 0 radical (unpaired) electrons. The first-order valence-electron chi connectivity index (χ1n) is 6.15. The maximum absolute atomic E-state index is 5.66. The number of anilines is 2. The van der Waals surface area contributed by atoms with Gasteiger partial charge in [0.2, 0.25) is 5.95 Å². The Hall–Kier alpha value is -1.89. The number of hydrogen-bond acceptors (Lipinski definition) is 6. The molecule has 0 amide bonds. The second-order valence-electron chi connectivity index (χ2n) is 4.43. The van der Waals surface area contributed by atoms with Crippen LogP contribution in [0, 0.1) is 0 Å². The number of nitrogen functional groups attached to an aromatic ring is 1. The van der Waals surface area contributed by atoms with Crippen molar-refractivity contribution in [3.63, 3.8) is 0 Å². The number of H-pyrrole nitrogens is 1. The molecule has 0 saturated carbocycles. The molecule has 1 unspecified atom stereocenters. The second kappa shape index (κ2) is 4.77. The van der Waals surface area contributed by atoms with Crippen LogP contribution in [0.2, 0.25) is 0 Å². The largest absolute Gasteiger partial charge is 0.376 e. The average Bonchev–Trinajstić information content (AvgIpc) is 2.85. The number of nitrogens with one attached hydrogen (secondary N) is 2. The number of ether oxygens (including phenoxy) is 1. The van der Waals surface area contributed by atoms with E-state index in [1.165, 1.54) is 6.42 Å². The summed E-state index contributed by atoms with van der Waals surface area (Å²) in [4.78, 5) is 8.27. The molecule has 96 valence electrons. The quantitative estimate of drug-likeness (QED) is 0.746. The third-order valence-corrected chi connectivity index (χ3v) is 3.10. The van der Waals surface area contributed by atoms with Crippen molar-refractivity contribution in [3.8, 4) is 0 Å². The topological polar surface area (TPSA) is 102 Å². The highest BCUT2D eigenvalue weighted by atomic mass is 16.5. The predicted octanol–water partition coefficient (Wildman–Crippen LogP) is 0.916. The summed E-state index contributed by atoms with van der Waals surface area (Å²) in [5.74, 6) is 0.944. The van der Waals surface area contributed by atoms with E-state index in [4.69, 9.17) is 10.5 Å². The van der Waals surface area contributed by atoms with Crippen LogP contribution < -0.4 is 11.1 Å². The number of nitrogens with two attached hydrogens (primary N) is 1. The van der Waals surface area contributed by atoms with Crippen molar-refractivity contribution in [2.24, 2.45) is 0 Å². The third-order valence-electron chi connectivity index (χ3n) is 3.10. The third kappa shape index (κ3) is 2.21. The molecular formula is C11H16N6O. The Morgan fingerprint density at radius 3 is 3.22 bits per heavy atom. The maximum Gasteiger partial charge on any atom is 0.224 e. The Labute approximate surface area is 104 Å². The molecule has 1 saturated heterocycles. The van der Waals surface area contributed by atoms with E-state index < -0.39 is 0 Å². The van der Waals surface area contributed by atoms with Crippen LogP contribution in [-0.4, -0.2) is 39.4 Å². The van der Waals surface area contributed by atoms with Crippen molar-refractivity contribution >= 4 is 22.8 Å². The van der Waals surface area contributed by atoms with Gasteiger partial charge in [0.05, 0.1) is 17.7 Å². The number of rotatable bonds is 3. The van der Waals surface area contributed by atoms with Crippen LogP contribution in [0.4, 0.5) is 11.8 Å². The maximum atomic E-state index is 5.66. The smallest absolute Gasteiger partial charge is 0.224 e. The first-order chi connectivity index (χ1) is 8.83. The molecule has 0 aliphatic carbocycles. The zero-order valence-corrected chi connectivity index (χ0v) is 10.0. The summed E-state index contributed by atoms with van der Waals surface area (Å²) >= 11 is 0. The molecule has 0 bridgehead atoms. The van der Waals surface area contributed by atoms with Crippen LogP contribution >= 0.6 is 0 Å². The lowest BCUT2D eigenvalue weighted by molar-refractivity contribution is 0.0247. The van der Waals surface area contributed by atoms with Crippen LogP contribution in [0.5, 0.6) is 0 Å². The Kier molecular flexibility index (Phi) is 2.97. The minimum atomic E-state index is 0.235. The van der Waals surface area contributed by atoms with Gasteiger partial charge in [-0.25, -0.2) is 0 Å². The van der Waals surface area contributed by atoms with Gasteiger partial charge in [-0.15, -0.1) is 0 Å². The van der Waals surface area contributed by atoms with Gasteiger partial charge in [-0.3, -0.25) is 5.10 Å². The summed E-state index contributed by atoms with van der Waals surface area (Å²) in [5, 5.41) is 10.8. The van der Waals surface area contributed by atoms with Crippen LogP contribution in [0.1, 0.15) is 19.3 Å². The molecular weight excluding hydrogens is 232 g/mol. The molecule has 1 aliphatic rings. The van der Waals surface area contributed by atoms with E-state index in [9.17, 15) is 0 Å². The van der Waals surface area contributed by atoms with Crippen LogP contribution in [0.3, 0.4) is 0 Å². The fraction of sp³-hybridized carbons (Fsp3) is 0.545. The van der Waals surface area contributed by atoms with E-state index in [1.807, 2.05) is 0 Å². The van der Waals surface area contributed by atoms with Crippen molar-refractivity contribution in [1.82, 2.24) is 20.2 Å². The minimum absolute atomic E-state index is 0.235. The van der Waals surface area contributed by atoms with E-state index >= 15 is 0 Å². The van der Waals surface area contributed by atoms with Crippen LogP contribution in [0.25, 0.3) is 11.0 Å². The molecule has 1 atom stereocenters. The average molecular weight is 248 g/mol. The number of aromatic amines is 1. The van der Waals surface area contributed by atoms with Gasteiger partial charge in [-0.2, -0.15) is 15.1 Å². The molecule has 0 aromatic carbocycles. The zero-order chi connectivity index (χ0) is 12.4. The lowest BCUT2D eigenvalue weighted by atomic mass is 10.1. The Morgan fingerprint density at radius 2 is 2.39 bits per heavy atom. The molecule has 0 spiro atoms. The molecule has 7 nitrogen and oxygen atoms in total. The van der Waals surface area contributed by atoms with Gasteiger partial charge in [-0.05, 0) is 19.3 Å². The minimum Gasteiger partial charge on any atom is -0.376 e. The van der Waals surface area contributed by atoms with Gasteiger partial charge in [0.1, 0.15) is 5.82 Å². The van der Waals surface area contributed by atoms with Crippen LogP contribution in [-0.2, 0) is 4.74 Å². The van der Waals surface area contributed by atoms with Crippen molar-refractivity contribution in [3.05, 3.63) is 6.20 Å². The van der Waals surface area contributed by atoms with Crippen molar-refractivity contribution in [2.75, 3.05) is 24.2 Å². The molecule has 2 aromatic rings. The van der Waals surface area contributed by atoms with Gasteiger partial charge in [0.25, 0.3) is 0 Å². The molecule has 1 aliphatic heterocycles. The summed E-state index contributed by atoms with van der Waals surface area (Å²) in [5.41, 5.74) is 6.30. The molecule has 3 rings (SSSR count). The molecule has 3 heterocycles. The van der Waals surface area contributed by atoms with Crippen molar-refractivity contribution < 1.29 is 4.74 Å². The Bertz CT molecular complexity index is 533. The SMILES string of the molecule is Nc1nc(NCC2CCCCO2)c2cn[nH]c2n1. The molecule has 4 N–H and O–H groups in total. The lowest BCUT2D eigenvalue weighted by Crippen LogP contribution is -2.27. The van der Waals surface area contributed by atoms with Gasteiger partial charge < -0.3 is 15.8 Å². The fourth-order valence-corrected chi connectivity index (χ4v) is 2.17. The fourth-order valence-electron chi connectivity index (χ4n) is 2.17. The molecule has 18 heavy (non-hydrogen) atoms. The number of nitrogens with zero attached hydrogens (tertiary/aromatic N) is 3. The second-order valence-corrected chi connectivity index (χ2v) is 4.43. The monoisotopic (exact) mass is 248 g/mol. The first-order valence-corrected chi connectivity index (χ1v) is 6.15. The Balaban J connectivity index is 1.75. The number of aromatic nitrogens is 4. The highest BCUT2D eigenvalue weighted by Crippen LogP contribution is 2.20. The lowest BCUT2D eigenvalue weighted by Gasteiger charge is -2.23. The Morgan fingerprint density at radius 1 is 1.44 bits per heavy atom. The summed E-state index contributed by atoms with van der Waals surface area (Å²) in [6.45, 7) is 1.58. The summed E-state index contributed by atoms with van der Waals surface area (Å²) in [7, 11) is 0. The van der Waals surface area contributed by atoms with Crippen molar-refractivity contribution in [2.45, 2.75) is 25.4 Å². The van der Waals surface area contributed by atoms with E-state index in [0.29, 0.717) is 11.5 Å². The van der Waals surface area contributed by atoms with Gasteiger partial charge in [0.15, 0.2) is 5.65 Å². The van der Waals surface area contributed by atoms with Gasteiger partial charge in [0, 0.05) is 13.2 Å². The van der Waals surface area contributed by atoms with Gasteiger partial charge >= 0.3 is 0 Å². The summed E-state index contributed by atoms with van der Waals surface area (Å²) in [6.07, 6.45) is 5.40.